The fourth-order valence-electron chi connectivity index (χ4n) is 2.47. The lowest BCUT2D eigenvalue weighted by Crippen LogP contribution is -2.17. The SMILES string of the molecule is O=C(O)CCc1ccc(OC2=NO[C@H](c3ccc(OC(F)(F)F)cc3)C2)cn1. The third-order valence-corrected chi connectivity index (χ3v) is 3.76. The van der Waals surface area contributed by atoms with Crippen molar-refractivity contribution in [2.75, 3.05) is 0 Å². The Kier molecular flexibility index (Phi) is 5.67. The van der Waals surface area contributed by atoms with Gasteiger partial charge in [0.05, 0.1) is 19.0 Å². The van der Waals surface area contributed by atoms with E-state index in [0.717, 1.165) is 0 Å². The topological polar surface area (TPSA) is 90.2 Å². The first-order valence-corrected chi connectivity index (χ1v) is 8.21. The van der Waals surface area contributed by atoms with Crippen LogP contribution < -0.4 is 9.47 Å². The number of aromatic nitrogens is 1. The first-order valence-electron chi connectivity index (χ1n) is 8.21. The number of rotatable bonds is 6. The fourth-order valence-corrected chi connectivity index (χ4v) is 2.47. The highest BCUT2D eigenvalue weighted by atomic mass is 19.4. The zero-order valence-corrected chi connectivity index (χ0v) is 14.3. The molecular weight excluding hydrogens is 381 g/mol. The monoisotopic (exact) mass is 396 g/mol. The molecule has 1 aliphatic rings. The molecule has 1 aromatic heterocycles. The number of nitrogens with zero attached hydrogens (tertiary/aromatic N) is 2. The third-order valence-electron chi connectivity index (χ3n) is 3.76. The van der Waals surface area contributed by atoms with Gasteiger partial charge in [-0.25, -0.2) is 0 Å². The molecule has 148 valence electrons. The van der Waals surface area contributed by atoms with Crippen LogP contribution in [0.1, 0.15) is 30.2 Å². The molecule has 1 N–H and O–H groups in total. The summed E-state index contributed by atoms with van der Waals surface area (Å²) in [5.74, 6) is -0.513. The zero-order chi connectivity index (χ0) is 20.1. The van der Waals surface area contributed by atoms with Crippen LogP contribution in [0.5, 0.6) is 11.5 Å². The number of hydrogen-bond acceptors (Lipinski definition) is 6. The van der Waals surface area contributed by atoms with E-state index >= 15 is 0 Å². The maximum atomic E-state index is 12.2. The standard InChI is InChI=1S/C18H15F3N2O5/c19-18(20,21)27-13-5-1-11(2-6-13)15-9-16(23-28-15)26-14-7-3-12(22-10-14)4-8-17(24)25/h1-3,5-7,10,15H,4,8-9H2,(H,24,25)/t15-/m0/s1. The van der Waals surface area contributed by atoms with Crippen molar-refractivity contribution in [2.24, 2.45) is 5.16 Å². The number of hydrogen-bond donors (Lipinski definition) is 1. The van der Waals surface area contributed by atoms with Gasteiger partial charge >= 0.3 is 12.3 Å². The maximum absolute atomic E-state index is 12.2. The van der Waals surface area contributed by atoms with E-state index in [9.17, 15) is 18.0 Å². The van der Waals surface area contributed by atoms with Gasteiger partial charge in [0.2, 0.25) is 5.90 Å². The lowest BCUT2D eigenvalue weighted by atomic mass is 10.1. The largest absolute Gasteiger partial charge is 0.573 e. The number of carboxylic acid groups (broad SMARTS) is 1. The van der Waals surface area contributed by atoms with E-state index < -0.39 is 18.4 Å². The smallest absolute Gasteiger partial charge is 0.481 e. The van der Waals surface area contributed by atoms with Crippen molar-refractivity contribution in [3.8, 4) is 11.5 Å². The number of halogens is 3. The molecular formula is C18H15F3N2O5. The number of alkyl halides is 3. The predicted molar refractivity (Wildman–Crippen MR) is 89.8 cm³/mol. The molecule has 1 aromatic carbocycles. The first kappa shape index (κ1) is 19.5. The van der Waals surface area contributed by atoms with Crippen molar-refractivity contribution < 1.29 is 37.4 Å². The molecule has 1 atom stereocenters. The quantitative estimate of drug-likeness (QED) is 0.798. The Morgan fingerprint density at radius 3 is 2.50 bits per heavy atom. The van der Waals surface area contributed by atoms with Crippen LogP contribution in [0.2, 0.25) is 0 Å². The van der Waals surface area contributed by atoms with Crippen molar-refractivity contribution in [3.05, 3.63) is 53.9 Å². The van der Waals surface area contributed by atoms with E-state index in [2.05, 4.69) is 14.9 Å². The van der Waals surface area contributed by atoms with Gasteiger partial charge < -0.3 is 19.4 Å². The van der Waals surface area contributed by atoms with Crippen LogP contribution in [0.25, 0.3) is 0 Å². The van der Waals surface area contributed by atoms with Crippen LogP contribution in [-0.4, -0.2) is 28.3 Å². The van der Waals surface area contributed by atoms with Crippen LogP contribution in [-0.2, 0) is 16.1 Å². The summed E-state index contributed by atoms with van der Waals surface area (Å²) >= 11 is 0. The van der Waals surface area contributed by atoms with Gasteiger partial charge in [-0.1, -0.05) is 17.3 Å². The van der Waals surface area contributed by atoms with Gasteiger partial charge in [-0.2, -0.15) is 0 Å². The normalized spacial score (nSPS) is 16.2. The summed E-state index contributed by atoms with van der Waals surface area (Å²) in [5, 5.41) is 12.5. The van der Waals surface area contributed by atoms with Crippen LogP contribution in [0, 0.1) is 0 Å². The molecule has 0 saturated heterocycles. The van der Waals surface area contributed by atoms with Gasteiger partial charge in [0, 0.05) is 12.1 Å². The van der Waals surface area contributed by atoms with Crippen molar-refractivity contribution in [3.63, 3.8) is 0 Å². The van der Waals surface area contributed by atoms with Crippen LogP contribution >= 0.6 is 0 Å². The summed E-state index contributed by atoms with van der Waals surface area (Å²) in [5.41, 5.74) is 1.25. The van der Waals surface area contributed by atoms with Gasteiger partial charge in [-0.3, -0.25) is 9.78 Å². The van der Waals surface area contributed by atoms with E-state index in [4.69, 9.17) is 14.7 Å². The summed E-state index contributed by atoms with van der Waals surface area (Å²) in [6.45, 7) is 0. The number of benzene rings is 1. The summed E-state index contributed by atoms with van der Waals surface area (Å²) in [4.78, 5) is 19.9. The molecule has 2 aromatic rings. The highest BCUT2D eigenvalue weighted by molar-refractivity contribution is 5.79. The third kappa shape index (κ3) is 5.60. The molecule has 0 amide bonds. The lowest BCUT2D eigenvalue weighted by Gasteiger charge is -2.11. The van der Waals surface area contributed by atoms with E-state index in [-0.39, 0.29) is 12.2 Å². The number of oxime groups is 1. The minimum absolute atomic E-state index is 0.0117. The van der Waals surface area contributed by atoms with Crippen molar-refractivity contribution in [1.82, 2.24) is 4.98 Å². The Morgan fingerprint density at radius 1 is 1.18 bits per heavy atom. The van der Waals surface area contributed by atoms with E-state index in [1.54, 1.807) is 12.1 Å². The molecule has 10 heteroatoms. The molecule has 0 aliphatic carbocycles. The minimum Gasteiger partial charge on any atom is -0.481 e. The summed E-state index contributed by atoms with van der Waals surface area (Å²) in [6.07, 6.45) is -3.18. The van der Waals surface area contributed by atoms with E-state index in [1.807, 2.05) is 0 Å². The number of ether oxygens (including phenoxy) is 2. The van der Waals surface area contributed by atoms with Crippen LogP contribution in [0.3, 0.4) is 0 Å². The summed E-state index contributed by atoms with van der Waals surface area (Å²) < 4.78 is 46.0. The molecule has 2 heterocycles. The average Bonchev–Trinajstić information content (AvgIpc) is 3.09. The van der Waals surface area contributed by atoms with Crippen molar-refractivity contribution in [2.45, 2.75) is 31.7 Å². The number of carbonyl (C=O) groups is 1. The molecule has 0 unspecified atom stereocenters. The molecule has 0 saturated carbocycles. The molecule has 7 nitrogen and oxygen atoms in total. The lowest BCUT2D eigenvalue weighted by molar-refractivity contribution is -0.274. The zero-order valence-electron chi connectivity index (χ0n) is 14.3. The first-order chi connectivity index (χ1) is 13.3. The number of aliphatic carboxylic acids is 1. The van der Waals surface area contributed by atoms with E-state index in [1.165, 1.54) is 30.5 Å². The summed E-state index contributed by atoms with van der Waals surface area (Å²) in [6, 6.07) is 8.62. The molecule has 0 radical (unpaired) electrons. The predicted octanol–water partition coefficient (Wildman–Crippen LogP) is 3.85. The van der Waals surface area contributed by atoms with Crippen molar-refractivity contribution in [1.29, 1.82) is 0 Å². The number of aryl methyl sites for hydroxylation is 1. The van der Waals surface area contributed by atoms with Crippen LogP contribution in [0.15, 0.2) is 47.8 Å². The van der Waals surface area contributed by atoms with Crippen molar-refractivity contribution >= 4 is 11.9 Å². The molecule has 0 fully saturated rings. The van der Waals surface area contributed by atoms with Gasteiger partial charge in [0.1, 0.15) is 11.5 Å². The molecule has 28 heavy (non-hydrogen) atoms. The maximum Gasteiger partial charge on any atom is 0.573 e. The van der Waals surface area contributed by atoms with Crippen LogP contribution in [0.4, 0.5) is 13.2 Å². The number of carboxylic acids is 1. The van der Waals surface area contributed by atoms with Gasteiger partial charge in [0.15, 0.2) is 6.10 Å². The average molecular weight is 396 g/mol. The highest BCUT2D eigenvalue weighted by Gasteiger charge is 2.31. The van der Waals surface area contributed by atoms with E-state index in [0.29, 0.717) is 35.7 Å². The Bertz CT molecular complexity index is 851. The molecule has 0 spiro atoms. The highest BCUT2D eigenvalue weighted by Crippen LogP contribution is 2.30. The minimum atomic E-state index is -4.74. The Morgan fingerprint density at radius 2 is 1.89 bits per heavy atom. The Hall–Kier alpha value is -3.30. The Labute approximate surface area is 157 Å². The molecule has 1 aliphatic heterocycles. The fraction of sp³-hybridized carbons (Fsp3) is 0.278. The second-order valence-corrected chi connectivity index (χ2v) is 5.88. The Balaban J connectivity index is 1.53. The number of pyridine rings is 1. The second kappa shape index (κ2) is 8.15. The second-order valence-electron chi connectivity index (χ2n) is 5.88. The van der Waals surface area contributed by atoms with Gasteiger partial charge in [0.25, 0.3) is 0 Å². The summed E-state index contributed by atoms with van der Waals surface area (Å²) in [7, 11) is 0. The van der Waals surface area contributed by atoms with Gasteiger partial charge in [-0.15, -0.1) is 13.2 Å². The van der Waals surface area contributed by atoms with Gasteiger partial charge in [-0.05, 0) is 29.8 Å². The molecule has 3 rings (SSSR count). The molecule has 0 bridgehead atoms.